The van der Waals surface area contributed by atoms with Crippen LogP contribution >= 0.6 is 15.9 Å². The minimum Gasteiger partial charge on any atom is -0.485 e. The van der Waals surface area contributed by atoms with E-state index in [9.17, 15) is 26.3 Å². The van der Waals surface area contributed by atoms with E-state index in [0.717, 1.165) is 16.7 Å². The van der Waals surface area contributed by atoms with Gasteiger partial charge in [-0.1, -0.05) is 28.1 Å². The lowest BCUT2D eigenvalue weighted by molar-refractivity contribution is -0.290. The largest absolute Gasteiger partial charge is 0.485 e. The molecule has 0 amide bonds. The SMILES string of the molecule is C/C(Br)=C\C=C(/CF)c1ccc(OCC(F)(F)C(F)(F)F)cn1. The number of pyridine rings is 1. The smallest absolute Gasteiger partial charge is 0.456 e. The maximum atomic E-state index is 12.9. The highest BCUT2D eigenvalue weighted by Crippen LogP contribution is 2.35. The normalized spacial score (nSPS) is 14.1. The van der Waals surface area contributed by atoms with E-state index in [4.69, 9.17) is 0 Å². The van der Waals surface area contributed by atoms with Gasteiger partial charge in [-0.15, -0.1) is 0 Å². The molecule has 1 aromatic rings. The lowest BCUT2D eigenvalue weighted by atomic mass is 10.1. The van der Waals surface area contributed by atoms with Gasteiger partial charge in [0.2, 0.25) is 0 Å². The molecule has 1 heterocycles. The summed E-state index contributed by atoms with van der Waals surface area (Å²) in [5.41, 5.74) is 0.434. The minimum atomic E-state index is -5.69. The van der Waals surface area contributed by atoms with Crippen LogP contribution in [0.5, 0.6) is 5.75 Å². The van der Waals surface area contributed by atoms with Crippen molar-refractivity contribution in [3.8, 4) is 5.75 Å². The van der Waals surface area contributed by atoms with Crippen LogP contribution in [0.25, 0.3) is 5.57 Å². The first-order valence-corrected chi connectivity index (χ1v) is 6.99. The van der Waals surface area contributed by atoms with Gasteiger partial charge in [-0.3, -0.25) is 4.98 Å². The van der Waals surface area contributed by atoms with E-state index in [1.165, 1.54) is 12.1 Å². The number of alkyl halides is 6. The van der Waals surface area contributed by atoms with Gasteiger partial charge in [0, 0.05) is 5.57 Å². The molecule has 0 radical (unpaired) electrons. The molecule has 0 aliphatic rings. The van der Waals surface area contributed by atoms with Crippen LogP contribution in [-0.2, 0) is 0 Å². The van der Waals surface area contributed by atoms with Crippen molar-refractivity contribution in [3.63, 3.8) is 0 Å². The number of hydrogen-bond donors (Lipinski definition) is 0. The summed E-state index contributed by atoms with van der Waals surface area (Å²) in [6, 6.07) is 2.41. The second-order valence-electron chi connectivity index (χ2n) is 4.45. The average molecular weight is 404 g/mol. The molecule has 1 rings (SSSR count). The lowest BCUT2D eigenvalue weighted by Gasteiger charge is -2.19. The standard InChI is InChI=1S/C14H12BrF6NO/c1-9(15)2-3-10(6-16)12-5-4-11(7-22-12)23-8-13(17,18)14(19,20)21/h2-5,7H,6,8H2,1H3/b9-2+,10-3+. The molecule has 0 aromatic carbocycles. The molecule has 23 heavy (non-hydrogen) atoms. The van der Waals surface area contributed by atoms with E-state index in [1.807, 2.05) is 0 Å². The molecule has 0 saturated heterocycles. The molecule has 0 aliphatic heterocycles. The molecule has 0 saturated carbocycles. The third-order valence-corrected chi connectivity index (χ3v) is 2.82. The Hall–Kier alpha value is -1.51. The summed E-state index contributed by atoms with van der Waals surface area (Å²) in [4.78, 5) is 3.79. The summed E-state index contributed by atoms with van der Waals surface area (Å²) in [5.74, 6) is -5.24. The first kappa shape index (κ1) is 19.5. The van der Waals surface area contributed by atoms with Gasteiger partial charge in [-0.05, 0) is 23.5 Å². The number of allylic oxidation sites excluding steroid dienone is 4. The van der Waals surface area contributed by atoms with Crippen LogP contribution in [0.1, 0.15) is 12.6 Å². The fourth-order valence-corrected chi connectivity index (χ4v) is 1.46. The first-order valence-electron chi connectivity index (χ1n) is 6.19. The van der Waals surface area contributed by atoms with Gasteiger partial charge in [0.1, 0.15) is 12.4 Å². The predicted octanol–water partition coefficient (Wildman–Crippen LogP) is 5.31. The van der Waals surface area contributed by atoms with Gasteiger partial charge in [0.15, 0.2) is 6.61 Å². The third-order valence-electron chi connectivity index (χ3n) is 2.56. The van der Waals surface area contributed by atoms with Crippen molar-refractivity contribution >= 4 is 21.5 Å². The number of halogens is 7. The molecule has 2 nitrogen and oxygen atoms in total. The topological polar surface area (TPSA) is 22.1 Å². The van der Waals surface area contributed by atoms with Crippen molar-refractivity contribution in [2.75, 3.05) is 13.3 Å². The van der Waals surface area contributed by atoms with Gasteiger partial charge in [-0.2, -0.15) is 22.0 Å². The number of ether oxygens (including phenoxy) is 1. The highest BCUT2D eigenvalue weighted by molar-refractivity contribution is 9.11. The number of hydrogen-bond acceptors (Lipinski definition) is 2. The Kier molecular flexibility index (Phi) is 6.67. The summed E-state index contributed by atoms with van der Waals surface area (Å²) < 4.78 is 79.5. The maximum Gasteiger partial charge on any atom is 0.456 e. The van der Waals surface area contributed by atoms with Gasteiger partial charge in [0.25, 0.3) is 0 Å². The second-order valence-corrected chi connectivity index (χ2v) is 5.70. The van der Waals surface area contributed by atoms with Gasteiger partial charge < -0.3 is 4.74 Å². The Morgan fingerprint density at radius 1 is 1.22 bits per heavy atom. The quantitative estimate of drug-likeness (QED) is 0.474. The molecule has 0 spiro atoms. The van der Waals surface area contributed by atoms with E-state index >= 15 is 0 Å². The van der Waals surface area contributed by atoms with Crippen LogP contribution in [0.3, 0.4) is 0 Å². The van der Waals surface area contributed by atoms with Crippen LogP contribution in [0, 0.1) is 0 Å². The van der Waals surface area contributed by atoms with Crippen LogP contribution in [-0.4, -0.2) is 30.4 Å². The van der Waals surface area contributed by atoms with Crippen molar-refractivity contribution in [2.24, 2.45) is 0 Å². The van der Waals surface area contributed by atoms with Crippen molar-refractivity contribution in [1.29, 1.82) is 0 Å². The average Bonchev–Trinajstić information content (AvgIpc) is 2.45. The zero-order chi connectivity index (χ0) is 17.7. The van der Waals surface area contributed by atoms with Crippen molar-refractivity contribution in [3.05, 3.63) is 40.7 Å². The molecule has 9 heteroatoms. The van der Waals surface area contributed by atoms with Gasteiger partial charge in [-0.25, -0.2) is 4.39 Å². The summed E-state index contributed by atoms with van der Waals surface area (Å²) >= 11 is 3.16. The number of aromatic nitrogens is 1. The highest BCUT2D eigenvalue weighted by atomic mass is 79.9. The Labute approximate surface area is 137 Å². The fourth-order valence-electron chi connectivity index (χ4n) is 1.33. The van der Waals surface area contributed by atoms with E-state index in [2.05, 4.69) is 25.7 Å². The molecule has 1 aromatic heterocycles. The van der Waals surface area contributed by atoms with E-state index in [0.29, 0.717) is 0 Å². The molecular weight excluding hydrogens is 392 g/mol. The first-order chi connectivity index (χ1) is 10.6. The number of nitrogens with zero attached hydrogens (tertiary/aromatic N) is 1. The van der Waals surface area contributed by atoms with E-state index < -0.39 is 25.4 Å². The summed E-state index contributed by atoms with van der Waals surface area (Å²) in [6.45, 7) is -0.942. The minimum absolute atomic E-state index is 0.215. The summed E-state index contributed by atoms with van der Waals surface area (Å²) in [5, 5.41) is 0. The monoisotopic (exact) mass is 403 g/mol. The van der Waals surface area contributed by atoms with Crippen LogP contribution < -0.4 is 4.74 Å². The third kappa shape index (κ3) is 5.89. The zero-order valence-corrected chi connectivity index (χ0v) is 13.4. The van der Waals surface area contributed by atoms with E-state index in [-0.39, 0.29) is 17.0 Å². The molecule has 128 valence electrons. The van der Waals surface area contributed by atoms with Gasteiger partial charge in [0.05, 0.1) is 11.9 Å². The lowest BCUT2D eigenvalue weighted by Crippen LogP contribution is -2.41. The molecule has 0 bridgehead atoms. The molecular formula is C14H12BrF6NO. The molecule has 0 unspecified atom stereocenters. The Balaban J connectivity index is 2.81. The molecule has 0 atom stereocenters. The zero-order valence-electron chi connectivity index (χ0n) is 11.8. The Bertz CT molecular complexity index is 576. The molecule has 0 aliphatic carbocycles. The van der Waals surface area contributed by atoms with Crippen LogP contribution in [0.4, 0.5) is 26.3 Å². The molecule has 0 fully saturated rings. The Morgan fingerprint density at radius 2 is 1.87 bits per heavy atom. The fraction of sp³-hybridized carbons (Fsp3) is 0.357. The summed E-state index contributed by atoms with van der Waals surface area (Å²) in [6.07, 6.45) is -1.68. The summed E-state index contributed by atoms with van der Waals surface area (Å²) in [7, 11) is 0. The maximum absolute atomic E-state index is 12.9. The van der Waals surface area contributed by atoms with Gasteiger partial charge >= 0.3 is 12.1 Å². The van der Waals surface area contributed by atoms with Crippen LogP contribution in [0.2, 0.25) is 0 Å². The van der Waals surface area contributed by atoms with Crippen LogP contribution in [0.15, 0.2) is 35.0 Å². The van der Waals surface area contributed by atoms with Crippen molar-refractivity contribution in [1.82, 2.24) is 4.98 Å². The Morgan fingerprint density at radius 3 is 2.30 bits per heavy atom. The van der Waals surface area contributed by atoms with Crippen molar-refractivity contribution in [2.45, 2.75) is 19.0 Å². The predicted molar refractivity (Wildman–Crippen MR) is 77.4 cm³/mol. The molecule has 0 N–H and O–H groups in total. The highest BCUT2D eigenvalue weighted by Gasteiger charge is 2.58. The van der Waals surface area contributed by atoms with E-state index in [1.54, 1.807) is 13.0 Å². The van der Waals surface area contributed by atoms with Crippen molar-refractivity contribution < 1.29 is 31.1 Å². The number of rotatable bonds is 6. The second kappa shape index (κ2) is 7.85.